The van der Waals surface area contributed by atoms with Crippen molar-refractivity contribution in [1.82, 2.24) is 14.4 Å². The first-order valence-electron chi connectivity index (χ1n) is 8.79. The highest BCUT2D eigenvalue weighted by Crippen LogP contribution is 2.20. The Hall–Kier alpha value is -2.60. The zero-order valence-electron chi connectivity index (χ0n) is 14.7. The number of rotatable bonds is 3. The van der Waals surface area contributed by atoms with Crippen LogP contribution >= 0.6 is 11.3 Å². The first-order chi connectivity index (χ1) is 12.6. The molecule has 1 aliphatic heterocycles. The SMILES string of the molecule is Cc1cc2ccccc2n1CC(=O)N1CCN(C(=O)c2cccs2)CC1. The first-order valence-corrected chi connectivity index (χ1v) is 9.67. The molecule has 26 heavy (non-hydrogen) atoms. The summed E-state index contributed by atoms with van der Waals surface area (Å²) in [6, 6.07) is 14.0. The van der Waals surface area contributed by atoms with Crippen LogP contribution in [0.5, 0.6) is 0 Å². The summed E-state index contributed by atoms with van der Waals surface area (Å²) in [7, 11) is 0. The maximum atomic E-state index is 12.8. The Morgan fingerprint density at radius 2 is 1.73 bits per heavy atom. The van der Waals surface area contributed by atoms with Gasteiger partial charge in [0.15, 0.2) is 0 Å². The molecule has 4 rings (SSSR count). The van der Waals surface area contributed by atoms with E-state index in [-0.39, 0.29) is 11.8 Å². The van der Waals surface area contributed by atoms with Crippen molar-refractivity contribution in [3.63, 3.8) is 0 Å². The minimum Gasteiger partial charge on any atom is -0.338 e. The van der Waals surface area contributed by atoms with E-state index in [9.17, 15) is 9.59 Å². The van der Waals surface area contributed by atoms with Gasteiger partial charge in [-0.3, -0.25) is 9.59 Å². The van der Waals surface area contributed by atoms with Crippen LogP contribution in [0.15, 0.2) is 47.8 Å². The number of fused-ring (bicyclic) bond motifs is 1. The van der Waals surface area contributed by atoms with Crippen molar-refractivity contribution in [1.29, 1.82) is 0 Å². The molecule has 1 aliphatic rings. The molecule has 0 N–H and O–H groups in total. The van der Waals surface area contributed by atoms with E-state index >= 15 is 0 Å². The number of nitrogens with zero attached hydrogens (tertiary/aromatic N) is 3. The van der Waals surface area contributed by atoms with Crippen molar-refractivity contribution in [3.8, 4) is 0 Å². The van der Waals surface area contributed by atoms with Crippen molar-refractivity contribution in [2.45, 2.75) is 13.5 Å². The lowest BCUT2D eigenvalue weighted by atomic mass is 10.2. The van der Waals surface area contributed by atoms with E-state index in [0.29, 0.717) is 32.7 Å². The standard InChI is InChI=1S/C20H21N3O2S/c1-15-13-16-5-2-3-6-17(16)23(15)14-19(24)21-8-10-22(11-9-21)20(25)18-7-4-12-26-18/h2-7,12-13H,8-11,14H2,1H3. The van der Waals surface area contributed by atoms with Gasteiger partial charge in [-0.25, -0.2) is 0 Å². The quantitative estimate of drug-likeness (QED) is 0.714. The Bertz CT molecular complexity index is 937. The van der Waals surface area contributed by atoms with Crippen LogP contribution in [0.4, 0.5) is 0 Å². The normalized spacial score (nSPS) is 14.8. The number of aromatic nitrogens is 1. The minimum atomic E-state index is 0.0688. The van der Waals surface area contributed by atoms with Crippen molar-refractivity contribution in [2.75, 3.05) is 26.2 Å². The summed E-state index contributed by atoms with van der Waals surface area (Å²) in [6.07, 6.45) is 0. The van der Waals surface area contributed by atoms with Crippen molar-refractivity contribution < 1.29 is 9.59 Å². The lowest BCUT2D eigenvalue weighted by Gasteiger charge is -2.34. The predicted octanol–water partition coefficient (Wildman–Crippen LogP) is 3.00. The number of thiophene rings is 1. The largest absolute Gasteiger partial charge is 0.338 e. The molecule has 0 atom stereocenters. The smallest absolute Gasteiger partial charge is 0.264 e. The van der Waals surface area contributed by atoms with Crippen LogP contribution in [0.3, 0.4) is 0 Å². The summed E-state index contributed by atoms with van der Waals surface area (Å²) in [5.41, 5.74) is 2.18. The van der Waals surface area contributed by atoms with Gasteiger partial charge in [0, 0.05) is 37.4 Å². The van der Waals surface area contributed by atoms with Crippen LogP contribution in [0, 0.1) is 6.92 Å². The lowest BCUT2D eigenvalue weighted by molar-refractivity contribution is -0.133. The summed E-state index contributed by atoms with van der Waals surface area (Å²) < 4.78 is 2.07. The Morgan fingerprint density at radius 1 is 1.00 bits per heavy atom. The van der Waals surface area contributed by atoms with Gasteiger partial charge in [0.25, 0.3) is 5.91 Å². The molecule has 2 aromatic heterocycles. The monoisotopic (exact) mass is 367 g/mol. The van der Waals surface area contributed by atoms with Crippen LogP contribution in [-0.4, -0.2) is 52.4 Å². The number of para-hydroxylation sites is 1. The second-order valence-electron chi connectivity index (χ2n) is 6.58. The van der Waals surface area contributed by atoms with Gasteiger partial charge in [-0.15, -0.1) is 11.3 Å². The molecule has 3 aromatic rings. The third-order valence-electron chi connectivity index (χ3n) is 4.96. The number of hydrogen-bond donors (Lipinski definition) is 0. The Kier molecular flexibility index (Phi) is 4.51. The van der Waals surface area contributed by atoms with Gasteiger partial charge in [0.2, 0.25) is 5.91 Å². The summed E-state index contributed by atoms with van der Waals surface area (Å²) in [4.78, 5) is 29.7. The van der Waals surface area contributed by atoms with Crippen LogP contribution in [0.25, 0.3) is 10.9 Å². The maximum Gasteiger partial charge on any atom is 0.264 e. The van der Waals surface area contributed by atoms with Crippen LogP contribution < -0.4 is 0 Å². The molecule has 0 radical (unpaired) electrons. The molecular formula is C20H21N3O2S. The topological polar surface area (TPSA) is 45.6 Å². The Morgan fingerprint density at radius 3 is 2.46 bits per heavy atom. The molecule has 0 spiro atoms. The van der Waals surface area contributed by atoms with Gasteiger partial charge in [-0.2, -0.15) is 0 Å². The van der Waals surface area contributed by atoms with Gasteiger partial charge < -0.3 is 14.4 Å². The van der Waals surface area contributed by atoms with Crippen molar-refractivity contribution in [3.05, 3.63) is 58.4 Å². The average Bonchev–Trinajstić information content (AvgIpc) is 3.30. The molecular weight excluding hydrogens is 346 g/mol. The van der Waals surface area contributed by atoms with Crippen LogP contribution in [0.1, 0.15) is 15.4 Å². The second kappa shape index (κ2) is 6.96. The van der Waals surface area contributed by atoms with E-state index < -0.39 is 0 Å². The third kappa shape index (κ3) is 3.12. The fourth-order valence-corrected chi connectivity index (χ4v) is 4.20. The van der Waals surface area contributed by atoms with Crippen molar-refractivity contribution >= 4 is 34.1 Å². The number of benzene rings is 1. The molecule has 3 heterocycles. The zero-order chi connectivity index (χ0) is 18.1. The molecule has 0 bridgehead atoms. The van der Waals surface area contributed by atoms with E-state index in [1.165, 1.54) is 11.3 Å². The average molecular weight is 367 g/mol. The summed E-state index contributed by atoms with van der Waals surface area (Å²) in [6.45, 7) is 4.74. The van der Waals surface area contributed by atoms with Crippen LogP contribution in [-0.2, 0) is 11.3 Å². The molecule has 2 amide bonds. The van der Waals surface area contributed by atoms with Gasteiger partial charge in [0.1, 0.15) is 6.54 Å². The Labute approximate surface area is 156 Å². The summed E-state index contributed by atoms with van der Waals surface area (Å²) in [5.74, 6) is 0.178. The highest BCUT2D eigenvalue weighted by molar-refractivity contribution is 7.12. The maximum absolute atomic E-state index is 12.8. The second-order valence-corrected chi connectivity index (χ2v) is 7.53. The number of amides is 2. The fourth-order valence-electron chi connectivity index (χ4n) is 3.51. The highest BCUT2D eigenvalue weighted by Gasteiger charge is 2.25. The van der Waals surface area contributed by atoms with E-state index in [1.807, 2.05) is 52.4 Å². The van der Waals surface area contributed by atoms with Crippen molar-refractivity contribution in [2.24, 2.45) is 0 Å². The number of carbonyl (C=O) groups is 2. The van der Waals surface area contributed by atoms with E-state index in [1.54, 1.807) is 0 Å². The van der Waals surface area contributed by atoms with Crippen LogP contribution in [0.2, 0.25) is 0 Å². The molecule has 1 aromatic carbocycles. The minimum absolute atomic E-state index is 0.0688. The van der Waals surface area contributed by atoms with E-state index in [4.69, 9.17) is 0 Å². The number of aryl methyl sites for hydroxylation is 1. The lowest BCUT2D eigenvalue weighted by Crippen LogP contribution is -2.51. The molecule has 0 aliphatic carbocycles. The zero-order valence-corrected chi connectivity index (χ0v) is 15.5. The molecule has 6 heteroatoms. The Balaban J connectivity index is 1.41. The van der Waals surface area contributed by atoms with Gasteiger partial charge >= 0.3 is 0 Å². The predicted molar refractivity (Wildman–Crippen MR) is 103 cm³/mol. The molecule has 0 unspecified atom stereocenters. The molecule has 134 valence electrons. The summed E-state index contributed by atoms with van der Waals surface area (Å²) in [5, 5.41) is 3.07. The first kappa shape index (κ1) is 16.8. The summed E-state index contributed by atoms with van der Waals surface area (Å²) >= 11 is 1.46. The molecule has 1 saturated heterocycles. The fraction of sp³-hybridized carbons (Fsp3) is 0.300. The van der Waals surface area contributed by atoms with Gasteiger partial charge in [0.05, 0.1) is 4.88 Å². The van der Waals surface area contributed by atoms with E-state index in [2.05, 4.69) is 16.7 Å². The third-order valence-corrected chi connectivity index (χ3v) is 5.82. The number of hydrogen-bond acceptors (Lipinski definition) is 3. The number of carbonyl (C=O) groups excluding carboxylic acids is 2. The van der Waals surface area contributed by atoms with Gasteiger partial charge in [-0.05, 0) is 35.9 Å². The van der Waals surface area contributed by atoms with E-state index in [0.717, 1.165) is 21.5 Å². The number of piperazine rings is 1. The molecule has 5 nitrogen and oxygen atoms in total. The molecule has 0 saturated carbocycles. The molecule has 1 fully saturated rings. The highest BCUT2D eigenvalue weighted by atomic mass is 32.1. The van der Waals surface area contributed by atoms with Gasteiger partial charge in [-0.1, -0.05) is 24.3 Å².